The maximum atomic E-state index is 5.56. The summed E-state index contributed by atoms with van der Waals surface area (Å²) in [6.07, 6.45) is 6.83. The van der Waals surface area contributed by atoms with Crippen molar-refractivity contribution in [1.82, 2.24) is 4.90 Å². The monoisotopic (exact) mass is 194 g/mol. The normalized spacial score (nSPS) is 16.3. The van der Waals surface area contributed by atoms with Gasteiger partial charge in [-0.25, -0.2) is 0 Å². The zero-order valence-electron chi connectivity index (χ0n) is 9.16. The van der Waals surface area contributed by atoms with Crippen molar-refractivity contribution in [3.8, 4) is 0 Å². The van der Waals surface area contributed by atoms with Crippen LogP contribution in [0.25, 0.3) is 0 Å². The van der Waals surface area contributed by atoms with E-state index >= 15 is 0 Å². The highest BCUT2D eigenvalue weighted by Crippen LogP contribution is 2.06. The molecule has 1 aliphatic heterocycles. The van der Waals surface area contributed by atoms with Gasteiger partial charge in [0.25, 0.3) is 0 Å². The Morgan fingerprint density at radius 1 is 1.43 bits per heavy atom. The summed E-state index contributed by atoms with van der Waals surface area (Å²) in [5, 5.41) is 0. The van der Waals surface area contributed by atoms with Crippen molar-refractivity contribution in [3.63, 3.8) is 0 Å². The molecule has 0 N–H and O–H groups in total. The first-order valence-electron chi connectivity index (χ1n) is 4.87. The van der Waals surface area contributed by atoms with Crippen molar-refractivity contribution < 1.29 is 4.74 Å². The molecule has 0 aliphatic carbocycles. The fourth-order valence-corrected chi connectivity index (χ4v) is 1.06. The highest BCUT2D eigenvalue weighted by atomic mass is 16.5. The molecular formula is C11H18N2O. The first kappa shape index (κ1) is 11.0. The summed E-state index contributed by atoms with van der Waals surface area (Å²) in [4.78, 5) is 6.33. The van der Waals surface area contributed by atoms with Gasteiger partial charge in [0.2, 0.25) is 0 Å². The number of ether oxygens (including phenoxy) is 1. The lowest BCUT2D eigenvalue weighted by Gasteiger charge is -2.10. The molecule has 0 saturated heterocycles. The van der Waals surface area contributed by atoms with E-state index < -0.39 is 0 Å². The van der Waals surface area contributed by atoms with Gasteiger partial charge in [0.15, 0.2) is 0 Å². The largest absolute Gasteiger partial charge is 0.491 e. The maximum Gasteiger partial charge on any atom is 0.133 e. The predicted molar refractivity (Wildman–Crippen MR) is 59.5 cm³/mol. The standard InChI is InChI=1S/C11H18N2O/c1-10-5-4-6-11(9-12-10)14-8-7-13(2)3/h5-6,9H,4,7-8H2,1-3H3. The third-order valence-corrected chi connectivity index (χ3v) is 1.93. The zero-order chi connectivity index (χ0) is 10.4. The van der Waals surface area contributed by atoms with E-state index in [9.17, 15) is 0 Å². The van der Waals surface area contributed by atoms with Crippen molar-refractivity contribution in [2.75, 3.05) is 27.2 Å². The van der Waals surface area contributed by atoms with Crippen LogP contribution in [0.15, 0.2) is 28.6 Å². The summed E-state index contributed by atoms with van der Waals surface area (Å²) in [6.45, 7) is 3.63. The van der Waals surface area contributed by atoms with Gasteiger partial charge in [0.05, 0.1) is 6.21 Å². The molecular weight excluding hydrogens is 176 g/mol. The minimum absolute atomic E-state index is 0.712. The molecule has 0 bridgehead atoms. The molecule has 0 unspecified atom stereocenters. The van der Waals surface area contributed by atoms with E-state index in [1.807, 2.05) is 21.0 Å². The second-order valence-electron chi connectivity index (χ2n) is 3.60. The van der Waals surface area contributed by atoms with E-state index in [1.165, 1.54) is 0 Å². The zero-order valence-corrected chi connectivity index (χ0v) is 9.16. The molecule has 0 aromatic rings. The van der Waals surface area contributed by atoms with Crippen molar-refractivity contribution in [1.29, 1.82) is 0 Å². The Labute approximate surface area is 85.8 Å². The highest BCUT2D eigenvalue weighted by Gasteiger charge is 1.98. The Morgan fingerprint density at radius 2 is 2.21 bits per heavy atom. The van der Waals surface area contributed by atoms with Crippen LogP contribution < -0.4 is 0 Å². The first-order valence-corrected chi connectivity index (χ1v) is 4.87. The van der Waals surface area contributed by atoms with Gasteiger partial charge in [0.1, 0.15) is 12.4 Å². The lowest BCUT2D eigenvalue weighted by Crippen LogP contribution is -2.18. The summed E-state index contributed by atoms with van der Waals surface area (Å²) in [6, 6.07) is 0. The van der Waals surface area contributed by atoms with E-state index in [2.05, 4.69) is 22.0 Å². The van der Waals surface area contributed by atoms with Gasteiger partial charge in [-0.05, 0) is 33.5 Å². The molecule has 0 spiro atoms. The molecule has 78 valence electrons. The number of allylic oxidation sites excluding steroid dienone is 4. The lowest BCUT2D eigenvalue weighted by molar-refractivity contribution is 0.199. The Morgan fingerprint density at radius 3 is 2.93 bits per heavy atom. The van der Waals surface area contributed by atoms with Gasteiger partial charge in [-0.1, -0.05) is 6.08 Å². The number of nitrogens with zero attached hydrogens (tertiary/aromatic N) is 2. The highest BCUT2D eigenvalue weighted by molar-refractivity contribution is 5.77. The van der Waals surface area contributed by atoms with Crippen molar-refractivity contribution in [2.45, 2.75) is 13.3 Å². The fraction of sp³-hybridized carbons (Fsp3) is 0.545. The van der Waals surface area contributed by atoms with E-state index in [1.54, 1.807) is 6.21 Å². The van der Waals surface area contributed by atoms with Gasteiger partial charge in [-0.3, -0.25) is 4.99 Å². The summed E-state index contributed by atoms with van der Waals surface area (Å²) in [7, 11) is 4.06. The molecule has 14 heavy (non-hydrogen) atoms. The average molecular weight is 194 g/mol. The lowest BCUT2D eigenvalue weighted by atomic mass is 10.3. The van der Waals surface area contributed by atoms with Gasteiger partial charge in [-0.15, -0.1) is 0 Å². The van der Waals surface area contributed by atoms with Gasteiger partial charge < -0.3 is 9.64 Å². The van der Waals surface area contributed by atoms with Crippen LogP contribution in [0.3, 0.4) is 0 Å². The van der Waals surface area contributed by atoms with E-state index in [-0.39, 0.29) is 0 Å². The van der Waals surface area contributed by atoms with Gasteiger partial charge in [-0.2, -0.15) is 0 Å². The number of hydrogen-bond donors (Lipinski definition) is 0. The van der Waals surface area contributed by atoms with Crippen LogP contribution in [0.4, 0.5) is 0 Å². The molecule has 0 amide bonds. The van der Waals surface area contributed by atoms with Crippen molar-refractivity contribution in [2.24, 2.45) is 4.99 Å². The molecule has 3 heteroatoms. The summed E-state index contributed by atoms with van der Waals surface area (Å²) in [5.74, 6) is 0.875. The fourth-order valence-electron chi connectivity index (χ4n) is 1.06. The third-order valence-electron chi connectivity index (χ3n) is 1.93. The molecule has 0 atom stereocenters. The van der Waals surface area contributed by atoms with E-state index in [0.717, 1.165) is 24.4 Å². The molecule has 1 aliphatic rings. The Kier molecular flexibility index (Phi) is 4.40. The van der Waals surface area contributed by atoms with Crippen LogP contribution in [0, 0.1) is 0 Å². The Hall–Kier alpha value is -1.09. The third kappa shape index (κ3) is 4.23. The molecule has 1 heterocycles. The quantitative estimate of drug-likeness (QED) is 0.682. The summed E-state index contributed by atoms with van der Waals surface area (Å²) >= 11 is 0. The second kappa shape index (κ2) is 5.60. The van der Waals surface area contributed by atoms with Gasteiger partial charge >= 0.3 is 0 Å². The number of hydrogen-bond acceptors (Lipinski definition) is 3. The van der Waals surface area contributed by atoms with Crippen LogP contribution in [-0.2, 0) is 4.74 Å². The average Bonchev–Trinajstić information content (AvgIpc) is 2.30. The van der Waals surface area contributed by atoms with Crippen LogP contribution in [0.1, 0.15) is 13.3 Å². The number of likely N-dealkylation sites (N-methyl/N-ethyl adjacent to an activating group) is 1. The molecule has 0 radical (unpaired) electrons. The Bertz CT molecular complexity index is 264. The number of aliphatic imine (C=N–C) groups is 1. The van der Waals surface area contributed by atoms with E-state index in [0.29, 0.717) is 6.61 Å². The first-order chi connectivity index (χ1) is 6.68. The minimum atomic E-state index is 0.712. The topological polar surface area (TPSA) is 24.8 Å². The maximum absolute atomic E-state index is 5.56. The summed E-state index contributed by atoms with van der Waals surface area (Å²) in [5.41, 5.74) is 1.05. The summed E-state index contributed by atoms with van der Waals surface area (Å²) < 4.78 is 5.56. The van der Waals surface area contributed by atoms with E-state index in [4.69, 9.17) is 4.74 Å². The van der Waals surface area contributed by atoms with Gasteiger partial charge in [0, 0.05) is 12.2 Å². The Balaban J connectivity index is 2.32. The molecule has 3 nitrogen and oxygen atoms in total. The second-order valence-corrected chi connectivity index (χ2v) is 3.60. The predicted octanol–water partition coefficient (Wildman–Crippen LogP) is 1.83. The molecule has 1 rings (SSSR count). The molecule has 0 aromatic heterocycles. The van der Waals surface area contributed by atoms with Crippen molar-refractivity contribution in [3.05, 3.63) is 23.6 Å². The molecule has 0 fully saturated rings. The van der Waals surface area contributed by atoms with Crippen LogP contribution >= 0.6 is 0 Å². The smallest absolute Gasteiger partial charge is 0.133 e. The molecule has 0 saturated carbocycles. The minimum Gasteiger partial charge on any atom is -0.491 e. The molecule has 0 aromatic carbocycles. The van der Waals surface area contributed by atoms with Crippen LogP contribution in [0.5, 0.6) is 0 Å². The SMILES string of the molecule is CC1=CCC=C(OCCN(C)C)C=N1. The van der Waals surface area contributed by atoms with Crippen LogP contribution in [0.2, 0.25) is 0 Å². The van der Waals surface area contributed by atoms with Crippen LogP contribution in [-0.4, -0.2) is 38.4 Å². The van der Waals surface area contributed by atoms with Crippen molar-refractivity contribution >= 4 is 6.21 Å². The number of rotatable bonds is 4.